The van der Waals surface area contributed by atoms with Crippen molar-refractivity contribution in [3.05, 3.63) is 35.1 Å². The van der Waals surface area contributed by atoms with E-state index in [0.29, 0.717) is 23.9 Å². The van der Waals surface area contributed by atoms with Gasteiger partial charge in [-0.1, -0.05) is 22.0 Å². The molecule has 1 aliphatic rings. The summed E-state index contributed by atoms with van der Waals surface area (Å²) >= 11 is 3.44. The third-order valence-corrected chi connectivity index (χ3v) is 3.99. The number of hydrogen-bond acceptors (Lipinski definition) is 6. The molecule has 116 valence electrons. The number of benzene rings is 1. The van der Waals surface area contributed by atoms with Crippen LogP contribution in [0.2, 0.25) is 0 Å². The average molecular weight is 364 g/mol. The van der Waals surface area contributed by atoms with Crippen LogP contribution in [-0.2, 0) is 4.74 Å². The molecule has 1 unspecified atom stereocenters. The summed E-state index contributed by atoms with van der Waals surface area (Å²) in [4.78, 5) is 8.42. The van der Waals surface area contributed by atoms with Crippen LogP contribution >= 0.6 is 15.9 Å². The highest BCUT2D eigenvalue weighted by atomic mass is 79.9. The topological polar surface area (TPSA) is 85.1 Å². The van der Waals surface area contributed by atoms with E-state index in [1.165, 1.54) is 6.33 Å². The molecule has 1 fully saturated rings. The predicted octanol–water partition coefficient (Wildman–Crippen LogP) is 3.16. The molecule has 1 atom stereocenters. The molecule has 0 radical (unpaired) electrons. The van der Waals surface area contributed by atoms with Crippen LogP contribution in [-0.4, -0.2) is 29.2 Å². The van der Waals surface area contributed by atoms with Crippen molar-refractivity contribution >= 4 is 38.9 Å². The van der Waals surface area contributed by atoms with Gasteiger partial charge in [-0.05, 0) is 31.0 Å². The Labute approximate surface area is 137 Å². The van der Waals surface area contributed by atoms with Crippen LogP contribution < -0.4 is 16.4 Å². The predicted molar refractivity (Wildman–Crippen MR) is 91.3 cm³/mol. The van der Waals surface area contributed by atoms with Gasteiger partial charge in [0, 0.05) is 23.3 Å². The fourth-order valence-corrected chi connectivity index (χ4v) is 2.75. The second-order valence-electron chi connectivity index (χ2n) is 5.14. The number of nitrogens with two attached hydrogens (primary N) is 1. The van der Waals surface area contributed by atoms with Crippen molar-refractivity contribution < 1.29 is 4.74 Å². The van der Waals surface area contributed by atoms with Gasteiger partial charge in [0.15, 0.2) is 11.6 Å². The summed E-state index contributed by atoms with van der Waals surface area (Å²) in [6.07, 6.45) is 3.91. The Kier molecular flexibility index (Phi) is 4.74. The molecule has 3 rings (SSSR count). The number of aromatic nitrogens is 2. The van der Waals surface area contributed by atoms with Crippen molar-refractivity contribution in [3.8, 4) is 0 Å². The smallest absolute Gasteiger partial charge is 0.159 e. The maximum atomic E-state index is 6.15. The van der Waals surface area contributed by atoms with Gasteiger partial charge >= 0.3 is 0 Å². The fraction of sp³-hybridized carbons (Fsp3) is 0.333. The van der Waals surface area contributed by atoms with Gasteiger partial charge in [0.1, 0.15) is 12.0 Å². The van der Waals surface area contributed by atoms with E-state index in [1.54, 1.807) is 0 Å². The highest BCUT2D eigenvalue weighted by Crippen LogP contribution is 2.27. The number of nitrogens with zero attached hydrogens (tertiary/aromatic N) is 2. The molecule has 0 aliphatic carbocycles. The second-order valence-corrected chi connectivity index (χ2v) is 6.05. The SMILES string of the molecule is Nc1c(NCC2CCCO2)ncnc1Nc1cccc(Br)c1. The first kappa shape index (κ1) is 15.1. The van der Waals surface area contributed by atoms with Crippen molar-refractivity contribution in [2.45, 2.75) is 18.9 Å². The first-order chi connectivity index (χ1) is 10.7. The van der Waals surface area contributed by atoms with Gasteiger partial charge in [-0.3, -0.25) is 0 Å². The van der Waals surface area contributed by atoms with Crippen LogP contribution in [0.1, 0.15) is 12.8 Å². The molecule has 1 aromatic heterocycles. The van der Waals surface area contributed by atoms with E-state index in [4.69, 9.17) is 10.5 Å². The zero-order valence-corrected chi connectivity index (χ0v) is 13.6. The first-order valence-electron chi connectivity index (χ1n) is 7.21. The Balaban J connectivity index is 1.70. The minimum atomic E-state index is 0.232. The van der Waals surface area contributed by atoms with E-state index >= 15 is 0 Å². The van der Waals surface area contributed by atoms with Crippen molar-refractivity contribution in [1.29, 1.82) is 0 Å². The minimum absolute atomic E-state index is 0.232. The normalized spacial score (nSPS) is 17.4. The lowest BCUT2D eigenvalue weighted by molar-refractivity contribution is 0.120. The Morgan fingerprint density at radius 1 is 1.32 bits per heavy atom. The molecule has 1 saturated heterocycles. The first-order valence-corrected chi connectivity index (χ1v) is 8.00. The molecule has 2 heterocycles. The zero-order valence-electron chi connectivity index (χ0n) is 12.1. The quantitative estimate of drug-likeness (QED) is 0.756. The maximum Gasteiger partial charge on any atom is 0.159 e. The number of ether oxygens (including phenoxy) is 1. The van der Waals surface area contributed by atoms with Crippen LogP contribution in [0, 0.1) is 0 Å². The average Bonchev–Trinajstić information content (AvgIpc) is 3.02. The molecule has 1 aromatic carbocycles. The fourth-order valence-electron chi connectivity index (χ4n) is 2.35. The van der Waals surface area contributed by atoms with E-state index in [2.05, 4.69) is 36.5 Å². The van der Waals surface area contributed by atoms with Crippen LogP contribution in [0.4, 0.5) is 23.0 Å². The molecule has 0 amide bonds. The van der Waals surface area contributed by atoms with E-state index in [9.17, 15) is 0 Å². The van der Waals surface area contributed by atoms with Gasteiger partial charge in [0.25, 0.3) is 0 Å². The van der Waals surface area contributed by atoms with Crippen molar-refractivity contribution in [1.82, 2.24) is 9.97 Å². The van der Waals surface area contributed by atoms with Crippen molar-refractivity contribution in [3.63, 3.8) is 0 Å². The van der Waals surface area contributed by atoms with Crippen molar-refractivity contribution in [2.24, 2.45) is 0 Å². The van der Waals surface area contributed by atoms with E-state index in [0.717, 1.165) is 29.6 Å². The summed E-state index contributed by atoms with van der Waals surface area (Å²) in [5.74, 6) is 1.21. The largest absolute Gasteiger partial charge is 0.393 e. The van der Waals surface area contributed by atoms with E-state index in [-0.39, 0.29) is 6.10 Å². The molecule has 1 aliphatic heterocycles. The van der Waals surface area contributed by atoms with Gasteiger partial charge in [-0.25, -0.2) is 9.97 Å². The summed E-state index contributed by atoms with van der Waals surface area (Å²) in [5.41, 5.74) is 7.56. The third kappa shape index (κ3) is 3.66. The Hall–Kier alpha value is -1.86. The number of rotatable bonds is 5. The van der Waals surface area contributed by atoms with Gasteiger partial charge in [-0.15, -0.1) is 0 Å². The summed E-state index contributed by atoms with van der Waals surface area (Å²) in [6, 6.07) is 7.82. The number of halogens is 1. The molecule has 0 spiro atoms. The molecule has 0 saturated carbocycles. The molecule has 4 N–H and O–H groups in total. The molecular weight excluding hydrogens is 346 g/mol. The van der Waals surface area contributed by atoms with Crippen LogP contribution in [0.3, 0.4) is 0 Å². The highest BCUT2D eigenvalue weighted by molar-refractivity contribution is 9.10. The molecular formula is C15H18BrN5O. The molecule has 0 bridgehead atoms. The summed E-state index contributed by atoms with van der Waals surface area (Å²) in [7, 11) is 0. The van der Waals surface area contributed by atoms with Gasteiger partial charge in [0.05, 0.1) is 6.10 Å². The molecule has 6 nitrogen and oxygen atoms in total. The van der Waals surface area contributed by atoms with Gasteiger partial charge in [-0.2, -0.15) is 0 Å². The number of anilines is 4. The second kappa shape index (κ2) is 6.93. The van der Waals surface area contributed by atoms with Crippen LogP contribution in [0.25, 0.3) is 0 Å². The Morgan fingerprint density at radius 2 is 2.18 bits per heavy atom. The molecule has 2 aromatic rings. The lowest BCUT2D eigenvalue weighted by Crippen LogP contribution is -2.20. The Bertz CT molecular complexity index is 646. The monoisotopic (exact) mass is 363 g/mol. The van der Waals surface area contributed by atoms with E-state index < -0.39 is 0 Å². The van der Waals surface area contributed by atoms with Crippen LogP contribution in [0.15, 0.2) is 35.1 Å². The highest BCUT2D eigenvalue weighted by Gasteiger charge is 2.16. The van der Waals surface area contributed by atoms with Crippen molar-refractivity contribution in [2.75, 3.05) is 29.5 Å². The maximum absolute atomic E-state index is 6.15. The Morgan fingerprint density at radius 3 is 2.95 bits per heavy atom. The third-order valence-electron chi connectivity index (χ3n) is 3.49. The minimum Gasteiger partial charge on any atom is -0.393 e. The summed E-state index contributed by atoms with van der Waals surface area (Å²) in [6.45, 7) is 1.54. The van der Waals surface area contributed by atoms with Gasteiger partial charge < -0.3 is 21.1 Å². The lowest BCUT2D eigenvalue weighted by atomic mass is 10.2. The zero-order chi connectivity index (χ0) is 15.4. The molecule has 7 heteroatoms. The summed E-state index contributed by atoms with van der Waals surface area (Å²) < 4.78 is 6.57. The number of hydrogen-bond donors (Lipinski definition) is 3. The van der Waals surface area contributed by atoms with E-state index in [1.807, 2.05) is 24.3 Å². The lowest BCUT2D eigenvalue weighted by Gasteiger charge is -2.15. The number of nitrogen functional groups attached to an aromatic ring is 1. The number of nitrogens with one attached hydrogen (secondary N) is 2. The summed E-state index contributed by atoms with van der Waals surface area (Å²) in [5, 5.41) is 6.45. The van der Waals surface area contributed by atoms with Crippen LogP contribution in [0.5, 0.6) is 0 Å². The molecule has 22 heavy (non-hydrogen) atoms. The van der Waals surface area contributed by atoms with Gasteiger partial charge in [0.2, 0.25) is 0 Å². The standard InChI is InChI=1S/C15H18BrN5O/c16-10-3-1-4-11(7-10)21-15-13(17)14(19-9-20-15)18-8-12-5-2-6-22-12/h1,3-4,7,9,12H,2,5-6,8,17H2,(H2,18,19,20,21).